The largest absolute Gasteiger partial charge is 0.326 e. The van der Waals surface area contributed by atoms with Crippen LogP contribution in [0.15, 0.2) is 34.8 Å². The van der Waals surface area contributed by atoms with Crippen LogP contribution in [0, 0.1) is 26.6 Å². The number of amides is 1. The molecule has 2 nitrogen and oxygen atoms in total. The van der Waals surface area contributed by atoms with Gasteiger partial charge in [0.15, 0.2) is 0 Å². The third-order valence-corrected chi connectivity index (χ3v) is 4.00. The Balaban J connectivity index is 2.15. The van der Waals surface area contributed by atoms with Crippen LogP contribution in [0.25, 0.3) is 0 Å². The van der Waals surface area contributed by atoms with E-state index in [1.54, 1.807) is 13.0 Å². The molecule has 1 amide bonds. The summed E-state index contributed by atoms with van der Waals surface area (Å²) in [5.41, 5.74) is 4.55. The zero-order valence-corrected chi connectivity index (χ0v) is 13.8. The molecule has 0 saturated heterocycles. The van der Waals surface area contributed by atoms with E-state index < -0.39 is 0 Å². The molecule has 0 heterocycles. The lowest BCUT2D eigenvalue weighted by Crippen LogP contribution is -2.16. The van der Waals surface area contributed by atoms with Gasteiger partial charge >= 0.3 is 0 Å². The lowest BCUT2D eigenvalue weighted by molar-refractivity contribution is -0.115. The van der Waals surface area contributed by atoms with Crippen LogP contribution in [0.5, 0.6) is 0 Å². The Kier molecular flexibility index (Phi) is 4.78. The van der Waals surface area contributed by atoms with E-state index in [2.05, 4.69) is 21.2 Å². The Morgan fingerprint density at radius 3 is 2.57 bits per heavy atom. The summed E-state index contributed by atoms with van der Waals surface area (Å²) < 4.78 is 13.7. The van der Waals surface area contributed by atoms with E-state index in [1.807, 2.05) is 32.0 Å². The highest BCUT2D eigenvalue weighted by Gasteiger charge is 2.10. The Labute approximate surface area is 132 Å². The van der Waals surface area contributed by atoms with Crippen LogP contribution >= 0.6 is 15.9 Å². The van der Waals surface area contributed by atoms with Gasteiger partial charge in [-0.05, 0) is 65.5 Å². The van der Waals surface area contributed by atoms with Crippen molar-refractivity contribution in [1.82, 2.24) is 0 Å². The van der Waals surface area contributed by atoms with Gasteiger partial charge in [0.25, 0.3) is 0 Å². The van der Waals surface area contributed by atoms with Crippen molar-refractivity contribution in [3.05, 3.63) is 62.9 Å². The number of aryl methyl sites for hydroxylation is 3. The summed E-state index contributed by atoms with van der Waals surface area (Å²) in [6.45, 7) is 5.76. The minimum atomic E-state index is -0.333. The van der Waals surface area contributed by atoms with Crippen LogP contribution in [0.3, 0.4) is 0 Å². The first-order chi connectivity index (χ1) is 9.86. The molecule has 0 aromatic heterocycles. The van der Waals surface area contributed by atoms with Crippen molar-refractivity contribution in [2.45, 2.75) is 27.2 Å². The smallest absolute Gasteiger partial charge is 0.228 e. The number of halogens is 2. The predicted octanol–water partition coefficient (Wildman–Crippen LogP) is 4.69. The Morgan fingerprint density at radius 2 is 1.86 bits per heavy atom. The van der Waals surface area contributed by atoms with Gasteiger partial charge in [0.05, 0.1) is 10.9 Å². The summed E-state index contributed by atoms with van der Waals surface area (Å²) in [5, 5.41) is 2.84. The molecule has 2 rings (SSSR count). The lowest BCUT2D eigenvalue weighted by Gasteiger charge is -2.11. The molecule has 110 valence electrons. The third kappa shape index (κ3) is 3.91. The summed E-state index contributed by atoms with van der Waals surface area (Å²) in [5.74, 6) is -0.440. The van der Waals surface area contributed by atoms with E-state index >= 15 is 0 Å². The van der Waals surface area contributed by atoms with Crippen molar-refractivity contribution >= 4 is 27.5 Å². The normalized spacial score (nSPS) is 10.5. The average molecular weight is 350 g/mol. The minimum Gasteiger partial charge on any atom is -0.326 e. The van der Waals surface area contributed by atoms with Gasteiger partial charge in [-0.15, -0.1) is 0 Å². The fraction of sp³-hybridized carbons (Fsp3) is 0.235. The number of carbonyl (C=O) groups excluding carboxylic acids is 1. The van der Waals surface area contributed by atoms with Gasteiger partial charge < -0.3 is 5.32 Å². The highest BCUT2D eigenvalue weighted by atomic mass is 79.9. The number of anilines is 1. The van der Waals surface area contributed by atoms with Gasteiger partial charge in [0.2, 0.25) is 5.91 Å². The molecule has 0 spiro atoms. The highest BCUT2D eigenvalue weighted by Crippen LogP contribution is 2.24. The SMILES string of the molecule is Cc1ccc(C)c(CC(=O)Nc2cc(Br)c(F)cc2C)c1. The van der Waals surface area contributed by atoms with Crippen LogP contribution < -0.4 is 5.32 Å². The van der Waals surface area contributed by atoms with Gasteiger partial charge in [-0.3, -0.25) is 4.79 Å². The maximum absolute atomic E-state index is 13.4. The van der Waals surface area contributed by atoms with Gasteiger partial charge in [0, 0.05) is 5.69 Å². The summed E-state index contributed by atoms with van der Waals surface area (Å²) in [7, 11) is 0. The van der Waals surface area contributed by atoms with Gasteiger partial charge in [0.1, 0.15) is 5.82 Å². The molecule has 2 aromatic carbocycles. The molecule has 0 unspecified atom stereocenters. The fourth-order valence-electron chi connectivity index (χ4n) is 2.14. The maximum atomic E-state index is 13.4. The van der Waals surface area contributed by atoms with E-state index in [-0.39, 0.29) is 11.7 Å². The van der Waals surface area contributed by atoms with Crippen molar-refractivity contribution in [2.24, 2.45) is 0 Å². The first-order valence-electron chi connectivity index (χ1n) is 6.68. The summed E-state index contributed by atoms with van der Waals surface area (Å²) in [6, 6.07) is 9.04. The molecule has 0 aliphatic carbocycles. The molecule has 4 heteroatoms. The zero-order chi connectivity index (χ0) is 15.6. The number of hydrogen-bond acceptors (Lipinski definition) is 1. The summed E-state index contributed by atoms with van der Waals surface area (Å²) in [6.07, 6.45) is 0.307. The topological polar surface area (TPSA) is 29.1 Å². The van der Waals surface area contributed by atoms with Crippen molar-refractivity contribution in [2.75, 3.05) is 5.32 Å². The van der Waals surface area contributed by atoms with Crippen LogP contribution in [-0.2, 0) is 11.2 Å². The molecular formula is C17H17BrFNO. The molecule has 1 N–H and O–H groups in total. The van der Waals surface area contributed by atoms with Crippen molar-refractivity contribution in [1.29, 1.82) is 0 Å². The molecular weight excluding hydrogens is 333 g/mol. The highest BCUT2D eigenvalue weighted by molar-refractivity contribution is 9.10. The van der Waals surface area contributed by atoms with Crippen LogP contribution in [0.1, 0.15) is 22.3 Å². The van der Waals surface area contributed by atoms with Crippen molar-refractivity contribution in [3.8, 4) is 0 Å². The summed E-state index contributed by atoms with van der Waals surface area (Å²) >= 11 is 3.13. The third-order valence-electron chi connectivity index (χ3n) is 3.40. The molecule has 0 bridgehead atoms. The van der Waals surface area contributed by atoms with Gasteiger partial charge in [-0.2, -0.15) is 0 Å². The van der Waals surface area contributed by atoms with E-state index in [1.165, 1.54) is 6.07 Å². The zero-order valence-electron chi connectivity index (χ0n) is 12.3. The Bertz CT molecular complexity index is 697. The molecule has 0 saturated carbocycles. The number of nitrogens with one attached hydrogen (secondary N) is 1. The Hall–Kier alpha value is -1.68. The number of benzene rings is 2. The quantitative estimate of drug-likeness (QED) is 0.855. The van der Waals surface area contributed by atoms with Crippen molar-refractivity contribution < 1.29 is 9.18 Å². The van der Waals surface area contributed by atoms with E-state index in [4.69, 9.17) is 0 Å². The molecule has 0 radical (unpaired) electrons. The average Bonchev–Trinajstić information content (AvgIpc) is 2.40. The van der Waals surface area contributed by atoms with Crippen LogP contribution in [0.2, 0.25) is 0 Å². The van der Waals surface area contributed by atoms with Crippen LogP contribution in [0.4, 0.5) is 10.1 Å². The summed E-state index contributed by atoms with van der Waals surface area (Å²) in [4.78, 5) is 12.2. The second-order valence-electron chi connectivity index (χ2n) is 5.24. The van der Waals surface area contributed by atoms with Crippen LogP contribution in [-0.4, -0.2) is 5.91 Å². The van der Waals surface area contributed by atoms with Crippen molar-refractivity contribution in [3.63, 3.8) is 0 Å². The standard InChI is InChI=1S/C17H17BrFNO/c1-10-4-5-11(2)13(6-10)8-17(21)20-16-9-14(18)15(19)7-12(16)3/h4-7,9H,8H2,1-3H3,(H,20,21). The maximum Gasteiger partial charge on any atom is 0.228 e. The number of rotatable bonds is 3. The first kappa shape index (κ1) is 15.7. The van der Waals surface area contributed by atoms with E-state index in [9.17, 15) is 9.18 Å². The molecule has 21 heavy (non-hydrogen) atoms. The second-order valence-corrected chi connectivity index (χ2v) is 6.09. The number of hydrogen-bond donors (Lipinski definition) is 1. The van der Waals surface area contributed by atoms with Gasteiger partial charge in [-0.1, -0.05) is 23.8 Å². The monoisotopic (exact) mass is 349 g/mol. The fourth-order valence-corrected chi connectivity index (χ4v) is 2.48. The Morgan fingerprint density at radius 1 is 1.14 bits per heavy atom. The molecule has 0 atom stereocenters. The first-order valence-corrected chi connectivity index (χ1v) is 7.47. The molecule has 0 aliphatic heterocycles. The molecule has 2 aromatic rings. The van der Waals surface area contributed by atoms with E-state index in [0.717, 1.165) is 16.7 Å². The lowest BCUT2D eigenvalue weighted by atomic mass is 10.0. The second kappa shape index (κ2) is 6.39. The van der Waals surface area contributed by atoms with E-state index in [0.29, 0.717) is 22.1 Å². The minimum absolute atomic E-state index is 0.106. The molecule has 0 aliphatic rings. The number of carbonyl (C=O) groups is 1. The van der Waals surface area contributed by atoms with Gasteiger partial charge in [-0.25, -0.2) is 4.39 Å². The predicted molar refractivity (Wildman–Crippen MR) is 87.1 cm³/mol. The molecule has 0 fully saturated rings.